The molecule has 0 N–H and O–H groups in total. The number of amides is 1. The van der Waals surface area contributed by atoms with Crippen LogP contribution in [0.4, 0.5) is 11.4 Å². The Hall–Kier alpha value is -2.54. The quantitative estimate of drug-likeness (QED) is 0.512. The number of sulfonamides is 1. The van der Waals surface area contributed by atoms with Gasteiger partial charge >= 0.3 is 0 Å². The molecule has 160 valence electrons. The summed E-state index contributed by atoms with van der Waals surface area (Å²) in [5.74, 6) is -0.331. The second-order valence-corrected chi connectivity index (χ2v) is 10.1. The van der Waals surface area contributed by atoms with Crippen LogP contribution in [0.3, 0.4) is 0 Å². The molecule has 0 radical (unpaired) electrons. The molecular formula is C23H20Cl2N2O3S. The summed E-state index contributed by atoms with van der Waals surface area (Å²) in [7, 11) is -4.05. The first-order chi connectivity index (χ1) is 14.8. The fourth-order valence-corrected chi connectivity index (χ4v) is 5.86. The maximum atomic E-state index is 13.5. The van der Waals surface area contributed by atoms with Crippen molar-refractivity contribution in [2.24, 2.45) is 0 Å². The number of hydrogen-bond acceptors (Lipinski definition) is 3. The van der Waals surface area contributed by atoms with Crippen LogP contribution in [-0.2, 0) is 21.2 Å². The lowest BCUT2D eigenvalue weighted by Gasteiger charge is -2.29. The number of nitrogens with zero attached hydrogens (tertiary/aromatic N) is 2. The summed E-state index contributed by atoms with van der Waals surface area (Å²) >= 11 is 12.4. The molecular weight excluding hydrogens is 455 g/mol. The number of halogens is 2. The third-order valence-electron chi connectivity index (χ3n) is 5.26. The minimum absolute atomic E-state index is 0.0729. The molecule has 1 heterocycles. The van der Waals surface area contributed by atoms with E-state index in [2.05, 4.69) is 0 Å². The third kappa shape index (κ3) is 4.15. The maximum absolute atomic E-state index is 13.5. The van der Waals surface area contributed by atoms with Gasteiger partial charge in [-0.1, -0.05) is 59.6 Å². The van der Waals surface area contributed by atoms with Gasteiger partial charge in [0, 0.05) is 16.8 Å². The topological polar surface area (TPSA) is 57.7 Å². The molecule has 0 saturated heterocycles. The number of carbonyl (C=O) groups excluding carboxylic acids is 1. The summed E-state index contributed by atoms with van der Waals surface area (Å²) in [6.45, 7) is 1.56. The van der Waals surface area contributed by atoms with Crippen LogP contribution >= 0.6 is 23.2 Å². The molecule has 1 aliphatic rings. The molecule has 0 unspecified atom stereocenters. The van der Waals surface area contributed by atoms with Gasteiger partial charge in [-0.2, -0.15) is 0 Å². The highest BCUT2D eigenvalue weighted by Crippen LogP contribution is 2.35. The van der Waals surface area contributed by atoms with Gasteiger partial charge in [-0.15, -0.1) is 0 Å². The lowest BCUT2D eigenvalue weighted by atomic mass is 10.1. The van der Waals surface area contributed by atoms with Crippen LogP contribution in [0.15, 0.2) is 77.7 Å². The lowest BCUT2D eigenvalue weighted by Crippen LogP contribution is -2.45. The van der Waals surface area contributed by atoms with Crippen molar-refractivity contribution in [3.63, 3.8) is 0 Å². The zero-order valence-corrected chi connectivity index (χ0v) is 19.0. The maximum Gasteiger partial charge on any atom is 0.264 e. The Bertz CT molecular complexity index is 1230. The van der Waals surface area contributed by atoms with Gasteiger partial charge < -0.3 is 4.90 Å². The van der Waals surface area contributed by atoms with Gasteiger partial charge in [-0.3, -0.25) is 9.10 Å². The van der Waals surface area contributed by atoms with E-state index in [4.69, 9.17) is 23.2 Å². The van der Waals surface area contributed by atoms with Crippen LogP contribution in [0, 0.1) is 0 Å². The van der Waals surface area contributed by atoms with Crippen LogP contribution in [0.25, 0.3) is 0 Å². The Morgan fingerprint density at radius 1 is 1.03 bits per heavy atom. The summed E-state index contributed by atoms with van der Waals surface area (Å²) in [6, 6.07) is 20.1. The van der Waals surface area contributed by atoms with Crippen LogP contribution in [-0.4, -0.2) is 26.9 Å². The Labute approximate surface area is 191 Å². The summed E-state index contributed by atoms with van der Waals surface area (Å²) in [6.07, 6.45) is 0.717. The standard InChI is InChI=1S/C23H20Cl2N2O3S/c1-16-13-17-7-5-6-10-21(17)27(16)23(28)15-26(22-12-11-18(24)14-20(22)25)31(29,30)19-8-3-2-4-9-19/h2-12,14,16H,13,15H2,1H3/t16-/m0/s1. The smallest absolute Gasteiger partial charge is 0.264 e. The van der Waals surface area contributed by atoms with Crippen LogP contribution in [0.5, 0.6) is 0 Å². The van der Waals surface area contributed by atoms with Crippen molar-refractivity contribution in [2.75, 3.05) is 15.7 Å². The highest BCUT2D eigenvalue weighted by atomic mass is 35.5. The van der Waals surface area contributed by atoms with E-state index in [1.165, 1.54) is 24.3 Å². The van der Waals surface area contributed by atoms with E-state index in [1.54, 1.807) is 29.2 Å². The van der Waals surface area contributed by atoms with Crippen molar-refractivity contribution in [1.29, 1.82) is 0 Å². The van der Waals surface area contributed by atoms with Gasteiger partial charge in [0.1, 0.15) is 6.54 Å². The minimum Gasteiger partial charge on any atom is -0.307 e. The molecule has 8 heteroatoms. The molecule has 31 heavy (non-hydrogen) atoms. The van der Waals surface area contributed by atoms with E-state index in [0.717, 1.165) is 22.0 Å². The number of benzene rings is 3. The van der Waals surface area contributed by atoms with Crippen LogP contribution < -0.4 is 9.21 Å². The third-order valence-corrected chi connectivity index (χ3v) is 7.58. The van der Waals surface area contributed by atoms with Crippen molar-refractivity contribution < 1.29 is 13.2 Å². The molecule has 3 aromatic carbocycles. The van der Waals surface area contributed by atoms with E-state index < -0.39 is 16.6 Å². The number of rotatable bonds is 5. The molecule has 3 aromatic rings. The van der Waals surface area contributed by atoms with E-state index in [-0.39, 0.29) is 27.6 Å². The van der Waals surface area contributed by atoms with Crippen molar-refractivity contribution >= 4 is 50.5 Å². The molecule has 0 aliphatic carbocycles. The predicted molar refractivity (Wildman–Crippen MR) is 125 cm³/mol. The number of anilines is 2. The van der Waals surface area contributed by atoms with Crippen LogP contribution in [0.2, 0.25) is 10.0 Å². The molecule has 1 amide bonds. The average Bonchev–Trinajstić information content (AvgIpc) is 3.08. The number of para-hydroxylation sites is 1. The van der Waals surface area contributed by atoms with Crippen molar-refractivity contribution in [2.45, 2.75) is 24.3 Å². The van der Waals surface area contributed by atoms with Crippen LogP contribution in [0.1, 0.15) is 12.5 Å². The number of carbonyl (C=O) groups is 1. The van der Waals surface area contributed by atoms with E-state index in [0.29, 0.717) is 5.02 Å². The second-order valence-electron chi connectivity index (χ2n) is 7.37. The van der Waals surface area contributed by atoms with E-state index in [1.807, 2.05) is 31.2 Å². The molecule has 5 nitrogen and oxygen atoms in total. The van der Waals surface area contributed by atoms with Gasteiger partial charge in [0.25, 0.3) is 10.0 Å². The molecule has 0 fully saturated rings. The Morgan fingerprint density at radius 2 is 1.71 bits per heavy atom. The first-order valence-electron chi connectivity index (χ1n) is 9.72. The Morgan fingerprint density at radius 3 is 2.42 bits per heavy atom. The molecule has 0 bridgehead atoms. The van der Waals surface area contributed by atoms with Crippen molar-refractivity contribution in [1.82, 2.24) is 0 Å². The average molecular weight is 475 g/mol. The largest absolute Gasteiger partial charge is 0.307 e. The molecule has 0 aromatic heterocycles. The monoisotopic (exact) mass is 474 g/mol. The first kappa shape index (κ1) is 21.7. The predicted octanol–water partition coefficient (Wildman–Crippen LogP) is 5.17. The van der Waals surface area contributed by atoms with Crippen molar-refractivity contribution in [3.8, 4) is 0 Å². The lowest BCUT2D eigenvalue weighted by molar-refractivity contribution is -0.117. The summed E-state index contributed by atoms with van der Waals surface area (Å²) in [5.41, 5.74) is 2.06. The van der Waals surface area contributed by atoms with Gasteiger partial charge in [-0.25, -0.2) is 8.42 Å². The normalized spacial score (nSPS) is 15.6. The molecule has 1 aliphatic heterocycles. The first-order valence-corrected chi connectivity index (χ1v) is 11.9. The molecule has 4 rings (SSSR count). The van der Waals surface area contributed by atoms with E-state index in [9.17, 15) is 13.2 Å². The van der Waals surface area contributed by atoms with Gasteiger partial charge in [-0.05, 0) is 55.3 Å². The summed E-state index contributed by atoms with van der Waals surface area (Å²) in [4.78, 5) is 15.1. The zero-order chi connectivity index (χ0) is 22.2. The highest BCUT2D eigenvalue weighted by molar-refractivity contribution is 7.92. The van der Waals surface area contributed by atoms with Gasteiger partial charge in [0.2, 0.25) is 5.91 Å². The fourth-order valence-electron chi connectivity index (χ4n) is 3.85. The van der Waals surface area contributed by atoms with Gasteiger partial charge in [0.15, 0.2) is 0 Å². The van der Waals surface area contributed by atoms with Gasteiger partial charge in [0.05, 0.1) is 15.6 Å². The minimum atomic E-state index is -4.05. The zero-order valence-electron chi connectivity index (χ0n) is 16.7. The van der Waals surface area contributed by atoms with Crippen molar-refractivity contribution in [3.05, 3.63) is 88.4 Å². The fraction of sp³-hybridized carbons (Fsp3) is 0.174. The van der Waals surface area contributed by atoms with E-state index >= 15 is 0 Å². The Balaban J connectivity index is 1.76. The summed E-state index contributed by atoms with van der Waals surface area (Å²) in [5, 5.41) is 0.522. The highest BCUT2D eigenvalue weighted by Gasteiger charge is 2.35. The number of fused-ring (bicyclic) bond motifs is 1. The molecule has 1 atom stereocenters. The molecule has 0 spiro atoms. The SMILES string of the molecule is C[C@H]1Cc2ccccc2N1C(=O)CN(c1ccc(Cl)cc1Cl)S(=O)(=O)c1ccccc1. The Kier molecular flexibility index (Phi) is 5.97. The number of hydrogen-bond donors (Lipinski definition) is 0. The summed E-state index contributed by atoms with van der Waals surface area (Å²) < 4.78 is 28.1. The molecule has 0 saturated carbocycles. The second kappa shape index (κ2) is 8.54.